The second-order valence-corrected chi connectivity index (χ2v) is 4.78. The lowest BCUT2D eigenvalue weighted by molar-refractivity contribution is -0.148. The van der Waals surface area contributed by atoms with Crippen LogP contribution in [0.1, 0.15) is 38.5 Å². The number of carbonyl (C=O) groups is 2. The summed E-state index contributed by atoms with van der Waals surface area (Å²) in [5.74, 6) is -0.545. The molecule has 0 heterocycles. The summed E-state index contributed by atoms with van der Waals surface area (Å²) < 4.78 is 0. The molecular formula is C11H17NO3. The van der Waals surface area contributed by atoms with E-state index in [-0.39, 0.29) is 11.8 Å². The van der Waals surface area contributed by atoms with Crippen LogP contribution in [0, 0.1) is 11.3 Å². The van der Waals surface area contributed by atoms with Crippen LogP contribution in [0.5, 0.6) is 0 Å². The van der Waals surface area contributed by atoms with E-state index in [1.165, 1.54) is 0 Å². The van der Waals surface area contributed by atoms with Gasteiger partial charge >= 0.3 is 5.97 Å². The Morgan fingerprint density at radius 1 is 1.27 bits per heavy atom. The Kier molecular flexibility index (Phi) is 2.67. The van der Waals surface area contributed by atoms with Crippen molar-refractivity contribution in [2.75, 3.05) is 6.54 Å². The zero-order valence-electron chi connectivity index (χ0n) is 8.79. The van der Waals surface area contributed by atoms with E-state index >= 15 is 0 Å². The fourth-order valence-corrected chi connectivity index (χ4v) is 2.26. The molecule has 0 saturated heterocycles. The Bertz CT molecular complexity index is 278. The van der Waals surface area contributed by atoms with Crippen molar-refractivity contribution < 1.29 is 14.7 Å². The Balaban J connectivity index is 1.89. The van der Waals surface area contributed by atoms with Crippen molar-refractivity contribution in [2.45, 2.75) is 38.5 Å². The van der Waals surface area contributed by atoms with Crippen molar-refractivity contribution in [1.82, 2.24) is 5.32 Å². The van der Waals surface area contributed by atoms with E-state index in [2.05, 4.69) is 5.32 Å². The lowest BCUT2D eigenvalue weighted by Crippen LogP contribution is -2.41. The second-order valence-electron chi connectivity index (χ2n) is 4.78. The molecule has 0 aromatic heterocycles. The van der Waals surface area contributed by atoms with Gasteiger partial charge in [-0.05, 0) is 25.7 Å². The maximum atomic E-state index is 11.4. The predicted molar refractivity (Wildman–Crippen MR) is 54.3 cm³/mol. The van der Waals surface area contributed by atoms with Crippen LogP contribution in [0.15, 0.2) is 0 Å². The molecule has 2 N–H and O–H groups in total. The van der Waals surface area contributed by atoms with E-state index in [1.54, 1.807) is 0 Å². The molecule has 0 spiro atoms. The molecule has 0 bridgehead atoms. The summed E-state index contributed by atoms with van der Waals surface area (Å²) in [5.41, 5.74) is -0.676. The van der Waals surface area contributed by atoms with E-state index in [4.69, 9.17) is 0 Å². The number of carbonyl (C=O) groups excluding carboxylic acids is 1. The largest absolute Gasteiger partial charge is 0.481 e. The Labute approximate surface area is 89.0 Å². The first-order valence-corrected chi connectivity index (χ1v) is 5.65. The maximum Gasteiger partial charge on any atom is 0.311 e. The van der Waals surface area contributed by atoms with E-state index in [0.29, 0.717) is 19.4 Å². The number of amides is 1. The summed E-state index contributed by atoms with van der Waals surface area (Å²) in [4.78, 5) is 22.6. The SMILES string of the molecule is O=C(NCC1(C(=O)O)CCCC1)C1CC1. The molecular weight excluding hydrogens is 194 g/mol. The molecule has 0 radical (unpaired) electrons. The van der Waals surface area contributed by atoms with Crippen LogP contribution < -0.4 is 5.32 Å². The van der Waals surface area contributed by atoms with Crippen molar-refractivity contribution in [3.8, 4) is 0 Å². The zero-order chi connectivity index (χ0) is 10.9. The second kappa shape index (κ2) is 3.83. The van der Waals surface area contributed by atoms with Gasteiger partial charge in [0, 0.05) is 12.5 Å². The summed E-state index contributed by atoms with van der Waals surface area (Å²) in [6.45, 7) is 0.317. The van der Waals surface area contributed by atoms with Gasteiger partial charge in [0.05, 0.1) is 5.41 Å². The monoisotopic (exact) mass is 211 g/mol. The molecule has 2 fully saturated rings. The summed E-state index contributed by atoms with van der Waals surface area (Å²) in [6.07, 6.45) is 5.26. The topological polar surface area (TPSA) is 66.4 Å². The van der Waals surface area contributed by atoms with Gasteiger partial charge in [0.25, 0.3) is 0 Å². The number of aliphatic carboxylic acids is 1. The van der Waals surface area contributed by atoms with Crippen molar-refractivity contribution in [3.05, 3.63) is 0 Å². The van der Waals surface area contributed by atoms with Gasteiger partial charge in [0.15, 0.2) is 0 Å². The Hall–Kier alpha value is -1.06. The van der Waals surface area contributed by atoms with Crippen LogP contribution >= 0.6 is 0 Å². The summed E-state index contributed by atoms with van der Waals surface area (Å²) in [6, 6.07) is 0. The van der Waals surface area contributed by atoms with Crippen molar-refractivity contribution in [1.29, 1.82) is 0 Å². The molecule has 1 amide bonds. The molecule has 2 saturated carbocycles. The highest BCUT2D eigenvalue weighted by Gasteiger charge is 2.42. The quantitative estimate of drug-likeness (QED) is 0.733. The third-order valence-corrected chi connectivity index (χ3v) is 3.56. The highest BCUT2D eigenvalue weighted by Crippen LogP contribution is 2.38. The molecule has 84 valence electrons. The smallest absolute Gasteiger partial charge is 0.311 e. The predicted octanol–water partition coefficient (Wildman–Crippen LogP) is 1.16. The van der Waals surface area contributed by atoms with Crippen molar-refractivity contribution in [2.24, 2.45) is 11.3 Å². The fraction of sp³-hybridized carbons (Fsp3) is 0.818. The average Bonchev–Trinajstić information content (AvgIpc) is 2.94. The van der Waals surface area contributed by atoms with Gasteiger partial charge < -0.3 is 10.4 Å². The van der Waals surface area contributed by atoms with Gasteiger partial charge in [0.1, 0.15) is 0 Å². The average molecular weight is 211 g/mol. The normalized spacial score (nSPS) is 23.7. The number of carboxylic acids is 1. The van der Waals surface area contributed by atoms with Crippen LogP contribution in [0.2, 0.25) is 0 Å². The van der Waals surface area contributed by atoms with Crippen LogP contribution in [0.4, 0.5) is 0 Å². The molecule has 0 aromatic rings. The van der Waals surface area contributed by atoms with Gasteiger partial charge in [-0.1, -0.05) is 12.8 Å². The minimum atomic E-state index is -0.754. The minimum Gasteiger partial charge on any atom is -0.481 e. The molecule has 0 unspecified atom stereocenters. The van der Waals surface area contributed by atoms with Crippen molar-refractivity contribution in [3.63, 3.8) is 0 Å². The molecule has 0 aliphatic heterocycles. The highest BCUT2D eigenvalue weighted by atomic mass is 16.4. The third-order valence-electron chi connectivity index (χ3n) is 3.56. The minimum absolute atomic E-state index is 0.0440. The van der Waals surface area contributed by atoms with Gasteiger partial charge in [-0.15, -0.1) is 0 Å². The standard InChI is InChI=1S/C11H17NO3/c13-9(8-3-4-8)12-7-11(10(14)15)5-1-2-6-11/h8H,1-7H2,(H,12,13)(H,14,15). The lowest BCUT2D eigenvalue weighted by atomic mass is 9.86. The molecule has 2 aliphatic rings. The molecule has 0 atom stereocenters. The summed E-state index contributed by atoms with van der Waals surface area (Å²) in [5, 5.41) is 12.0. The highest BCUT2D eigenvalue weighted by molar-refractivity contribution is 5.82. The van der Waals surface area contributed by atoms with Gasteiger partial charge in [-0.3, -0.25) is 9.59 Å². The number of nitrogens with one attached hydrogen (secondary N) is 1. The van der Waals surface area contributed by atoms with Crippen LogP contribution in [-0.4, -0.2) is 23.5 Å². The Morgan fingerprint density at radius 3 is 2.33 bits per heavy atom. The number of carboxylic acid groups (broad SMARTS) is 1. The number of rotatable bonds is 4. The first kappa shape index (κ1) is 10.5. The molecule has 4 nitrogen and oxygen atoms in total. The Morgan fingerprint density at radius 2 is 1.87 bits per heavy atom. The molecule has 15 heavy (non-hydrogen) atoms. The third kappa shape index (κ3) is 2.13. The van der Waals surface area contributed by atoms with Gasteiger partial charge in [-0.25, -0.2) is 0 Å². The lowest BCUT2D eigenvalue weighted by Gasteiger charge is -2.23. The van der Waals surface area contributed by atoms with Crippen LogP contribution in [0.25, 0.3) is 0 Å². The molecule has 2 aliphatic carbocycles. The zero-order valence-corrected chi connectivity index (χ0v) is 8.79. The molecule has 0 aromatic carbocycles. The molecule has 4 heteroatoms. The summed E-state index contributed by atoms with van der Waals surface area (Å²) >= 11 is 0. The van der Waals surface area contributed by atoms with Crippen LogP contribution in [0.3, 0.4) is 0 Å². The molecule has 2 rings (SSSR count). The maximum absolute atomic E-state index is 11.4. The van der Waals surface area contributed by atoms with Gasteiger partial charge in [0.2, 0.25) is 5.91 Å². The van der Waals surface area contributed by atoms with E-state index in [0.717, 1.165) is 25.7 Å². The number of hydrogen-bond acceptors (Lipinski definition) is 2. The van der Waals surface area contributed by atoms with E-state index < -0.39 is 11.4 Å². The summed E-state index contributed by atoms with van der Waals surface area (Å²) in [7, 11) is 0. The van der Waals surface area contributed by atoms with E-state index in [9.17, 15) is 14.7 Å². The fourth-order valence-electron chi connectivity index (χ4n) is 2.26. The first-order chi connectivity index (χ1) is 7.14. The number of hydrogen-bond donors (Lipinski definition) is 2. The van der Waals surface area contributed by atoms with Crippen LogP contribution in [-0.2, 0) is 9.59 Å². The van der Waals surface area contributed by atoms with Gasteiger partial charge in [-0.2, -0.15) is 0 Å². The first-order valence-electron chi connectivity index (χ1n) is 5.65. The van der Waals surface area contributed by atoms with Crippen molar-refractivity contribution >= 4 is 11.9 Å². The van der Waals surface area contributed by atoms with E-state index in [1.807, 2.05) is 0 Å².